The molecule has 3 aromatic rings. The van der Waals surface area contributed by atoms with Crippen LogP contribution in [-0.4, -0.2) is 56.5 Å². The van der Waals surface area contributed by atoms with Crippen LogP contribution in [0.3, 0.4) is 0 Å². The second-order valence-corrected chi connectivity index (χ2v) is 9.22. The molecule has 0 bridgehead atoms. The van der Waals surface area contributed by atoms with Gasteiger partial charge in [-0.05, 0) is 48.2 Å². The van der Waals surface area contributed by atoms with Crippen molar-refractivity contribution >= 4 is 17.8 Å². The quantitative estimate of drug-likeness (QED) is 0.276. The number of hydrogen-bond donors (Lipinski definition) is 3. The molecule has 0 unspecified atom stereocenters. The lowest BCUT2D eigenvalue weighted by Gasteiger charge is -2.23. The molecule has 1 fully saturated rings. The largest absolute Gasteiger partial charge is 0.493 e. The third kappa shape index (κ3) is 7.24. The molecule has 4 rings (SSSR count). The van der Waals surface area contributed by atoms with Gasteiger partial charge in [-0.3, -0.25) is 0 Å². The van der Waals surface area contributed by atoms with Gasteiger partial charge in [0.25, 0.3) is 0 Å². The van der Waals surface area contributed by atoms with Gasteiger partial charge in [0.15, 0.2) is 23.0 Å². The zero-order valence-electron chi connectivity index (χ0n) is 23.3. The number of nitrogens with one attached hydrogen (secondary N) is 3. The summed E-state index contributed by atoms with van der Waals surface area (Å²) in [6.07, 6.45) is 5.90. The Kier molecular flexibility index (Phi) is 9.71. The van der Waals surface area contributed by atoms with Crippen LogP contribution in [0.5, 0.6) is 28.7 Å². The van der Waals surface area contributed by atoms with Gasteiger partial charge in [-0.2, -0.15) is 15.0 Å². The third-order valence-electron chi connectivity index (χ3n) is 6.65. The molecule has 0 radical (unpaired) electrons. The molecule has 39 heavy (non-hydrogen) atoms. The molecule has 0 atom stereocenters. The van der Waals surface area contributed by atoms with E-state index in [4.69, 9.17) is 23.7 Å². The third-order valence-corrected chi connectivity index (χ3v) is 6.65. The van der Waals surface area contributed by atoms with Gasteiger partial charge >= 0.3 is 0 Å². The van der Waals surface area contributed by atoms with Gasteiger partial charge in [-0.15, -0.1) is 0 Å². The fraction of sp³-hybridized carbons (Fsp3) is 0.464. The second kappa shape index (κ2) is 13.6. The van der Waals surface area contributed by atoms with Crippen LogP contribution in [0.4, 0.5) is 17.8 Å². The highest BCUT2D eigenvalue weighted by atomic mass is 16.5. The minimum atomic E-state index is 0.350. The first-order valence-corrected chi connectivity index (χ1v) is 13.1. The molecule has 0 aliphatic heterocycles. The Morgan fingerprint density at radius 3 is 1.72 bits per heavy atom. The van der Waals surface area contributed by atoms with Crippen molar-refractivity contribution in [3.63, 3.8) is 0 Å². The van der Waals surface area contributed by atoms with E-state index >= 15 is 0 Å². The van der Waals surface area contributed by atoms with Crippen molar-refractivity contribution in [2.24, 2.45) is 0 Å². The predicted octanol–water partition coefficient (Wildman–Crippen LogP) is 4.88. The number of methoxy groups -OCH3 is 5. The van der Waals surface area contributed by atoms with E-state index in [1.165, 1.54) is 19.3 Å². The molecule has 2 aromatic carbocycles. The van der Waals surface area contributed by atoms with Crippen LogP contribution in [0.1, 0.15) is 43.2 Å². The van der Waals surface area contributed by atoms with E-state index in [9.17, 15) is 0 Å². The van der Waals surface area contributed by atoms with Crippen molar-refractivity contribution in [2.75, 3.05) is 51.5 Å². The fourth-order valence-electron chi connectivity index (χ4n) is 4.62. The first-order chi connectivity index (χ1) is 19.1. The van der Waals surface area contributed by atoms with Gasteiger partial charge < -0.3 is 39.6 Å². The summed E-state index contributed by atoms with van der Waals surface area (Å²) in [5, 5.41) is 10.1. The van der Waals surface area contributed by atoms with Gasteiger partial charge in [-0.1, -0.05) is 25.3 Å². The monoisotopic (exact) mass is 538 g/mol. The topological polar surface area (TPSA) is 121 Å². The minimum absolute atomic E-state index is 0.350. The molecule has 1 heterocycles. The molecular weight excluding hydrogens is 500 g/mol. The molecular formula is C28H38N6O5. The van der Waals surface area contributed by atoms with Crippen LogP contribution < -0.4 is 39.6 Å². The van der Waals surface area contributed by atoms with Crippen LogP contribution in [0, 0.1) is 0 Å². The summed E-state index contributed by atoms with van der Waals surface area (Å²) in [5.74, 6) is 4.52. The van der Waals surface area contributed by atoms with Crippen LogP contribution in [-0.2, 0) is 13.1 Å². The van der Waals surface area contributed by atoms with Crippen molar-refractivity contribution in [3.8, 4) is 28.7 Å². The van der Waals surface area contributed by atoms with E-state index in [-0.39, 0.29) is 0 Å². The summed E-state index contributed by atoms with van der Waals surface area (Å²) >= 11 is 0. The van der Waals surface area contributed by atoms with Gasteiger partial charge in [0.05, 0.1) is 35.5 Å². The average Bonchev–Trinajstić information content (AvgIpc) is 2.98. The molecule has 0 saturated heterocycles. The minimum Gasteiger partial charge on any atom is -0.493 e. The Hall–Kier alpha value is -4.15. The number of nitrogens with zero attached hydrogens (tertiary/aromatic N) is 3. The first kappa shape index (κ1) is 27.9. The highest BCUT2D eigenvalue weighted by molar-refractivity contribution is 5.54. The highest BCUT2D eigenvalue weighted by Crippen LogP contribution is 2.38. The Morgan fingerprint density at radius 2 is 1.15 bits per heavy atom. The summed E-state index contributed by atoms with van der Waals surface area (Å²) < 4.78 is 27.2. The lowest BCUT2D eigenvalue weighted by molar-refractivity contribution is 0.324. The van der Waals surface area contributed by atoms with E-state index in [2.05, 4.69) is 30.9 Å². The number of anilines is 3. The number of benzene rings is 2. The van der Waals surface area contributed by atoms with Crippen LogP contribution in [0.25, 0.3) is 0 Å². The standard InChI is InChI=1S/C28H38N6O5/c1-35-21-12-11-18(13-22(21)36-2)16-29-26-32-27(34-28(33-26)31-20-9-7-6-8-10-20)30-17-19-14-23(37-3)25(39-5)24(15-19)38-4/h11-15,20H,6-10,16-17H2,1-5H3,(H3,29,30,31,32,33,34). The molecule has 1 aliphatic rings. The van der Waals surface area contributed by atoms with Gasteiger partial charge in [-0.25, -0.2) is 0 Å². The van der Waals surface area contributed by atoms with Crippen molar-refractivity contribution in [3.05, 3.63) is 41.5 Å². The van der Waals surface area contributed by atoms with Gasteiger partial charge in [0.2, 0.25) is 23.6 Å². The maximum atomic E-state index is 5.49. The molecule has 11 nitrogen and oxygen atoms in total. The van der Waals surface area contributed by atoms with Crippen LogP contribution >= 0.6 is 0 Å². The second-order valence-electron chi connectivity index (χ2n) is 9.22. The Labute approximate surface area is 229 Å². The van der Waals surface area contributed by atoms with E-state index in [1.807, 2.05) is 30.3 Å². The van der Waals surface area contributed by atoms with Crippen molar-refractivity contribution in [1.29, 1.82) is 0 Å². The zero-order valence-corrected chi connectivity index (χ0v) is 23.3. The maximum absolute atomic E-state index is 5.49. The Morgan fingerprint density at radius 1 is 0.615 bits per heavy atom. The smallest absolute Gasteiger partial charge is 0.229 e. The van der Waals surface area contributed by atoms with E-state index in [0.717, 1.165) is 24.0 Å². The van der Waals surface area contributed by atoms with Gasteiger partial charge in [0.1, 0.15) is 0 Å². The molecule has 1 aliphatic carbocycles. The van der Waals surface area contributed by atoms with Crippen molar-refractivity contribution in [1.82, 2.24) is 15.0 Å². The summed E-state index contributed by atoms with van der Waals surface area (Å²) in [6.45, 7) is 0.943. The van der Waals surface area contributed by atoms with Crippen LogP contribution in [0.15, 0.2) is 30.3 Å². The first-order valence-electron chi connectivity index (χ1n) is 13.1. The van der Waals surface area contributed by atoms with Crippen molar-refractivity contribution < 1.29 is 23.7 Å². The summed E-state index contributed by atoms with van der Waals surface area (Å²) in [4.78, 5) is 13.9. The van der Waals surface area contributed by atoms with Crippen LogP contribution in [0.2, 0.25) is 0 Å². The zero-order chi connectivity index (χ0) is 27.6. The number of hydrogen-bond acceptors (Lipinski definition) is 11. The molecule has 0 spiro atoms. The number of rotatable bonds is 13. The van der Waals surface area contributed by atoms with E-state index in [0.29, 0.717) is 65.7 Å². The summed E-state index contributed by atoms with van der Waals surface area (Å²) in [7, 11) is 8.02. The van der Waals surface area contributed by atoms with E-state index in [1.54, 1.807) is 35.5 Å². The molecule has 11 heteroatoms. The maximum Gasteiger partial charge on any atom is 0.229 e. The van der Waals surface area contributed by atoms with Gasteiger partial charge in [0, 0.05) is 19.1 Å². The van der Waals surface area contributed by atoms with Crippen molar-refractivity contribution in [2.45, 2.75) is 51.2 Å². The SMILES string of the molecule is COc1ccc(CNc2nc(NCc3cc(OC)c(OC)c(OC)c3)nc(NC3CCCCC3)n2)cc1OC. The Balaban J connectivity index is 1.54. The number of ether oxygens (including phenoxy) is 5. The molecule has 0 amide bonds. The lowest BCUT2D eigenvalue weighted by Crippen LogP contribution is -2.24. The molecule has 3 N–H and O–H groups in total. The Bertz CT molecular complexity index is 1210. The molecule has 210 valence electrons. The fourth-order valence-corrected chi connectivity index (χ4v) is 4.62. The lowest BCUT2D eigenvalue weighted by atomic mass is 9.96. The van der Waals surface area contributed by atoms with E-state index < -0.39 is 0 Å². The molecule has 1 saturated carbocycles. The average molecular weight is 539 g/mol. The molecule has 1 aromatic heterocycles. The highest BCUT2D eigenvalue weighted by Gasteiger charge is 2.17. The normalized spacial score (nSPS) is 13.4. The predicted molar refractivity (Wildman–Crippen MR) is 151 cm³/mol. The summed E-state index contributed by atoms with van der Waals surface area (Å²) in [6, 6.07) is 9.92. The number of aromatic nitrogens is 3. The summed E-state index contributed by atoms with van der Waals surface area (Å²) in [5.41, 5.74) is 1.92.